The summed E-state index contributed by atoms with van der Waals surface area (Å²) in [6, 6.07) is 8.28. The van der Waals surface area contributed by atoms with Gasteiger partial charge in [-0.3, -0.25) is 0 Å². The Morgan fingerprint density at radius 1 is 1.23 bits per heavy atom. The normalized spacial score (nSPS) is 19.2. The number of rotatable bonds is 0. The Kier molecular flexibility index (Phi) is 3.81. The van der Waals surface area contributed by atoms with Gasteiger partial charge in [0.2, 0.25) is 0 Å². The van der Waals surface area contributed by atoms with Crippen LogP contribution in [0.3, 0.4) is 0 Å². The molecule has 1 heteroatoms. The maximum atomic E-state index is 5.63. The minimum absolute atomic E-state index is 0.393. The Hall–Kier alpha value is -0.980. The average molecular weight is 178 g/mol. The highest BCUT2D eigenvalue weighted by Gasteiger charge is 2.13. The first-order valence-corrected chi connectivity index (χ1v) is 5.11. The summed E-state index contributed by atoms with van der Waals surface area (Å²) < 4.78 is 5.63. The fourth-order valence-corrected chi connectivity index (χ4v) is 1.46. The molecule has 72 valence electrons. The molecule has 1 atom stereocenters. The summed E-state index contributed by atoms with van der Waals surface area (Å²) in [5, 5.41) is 0. The van der Waals surface area contributed by atoms with Crippen molar-refractivity contribution in [2.45, 2.75) is 39.7 Å². The second-order valence-electron chi connectivity index (χ2n) is 3.07. The molecule has 1 aliphatic heterocycles. The summed E-state index contributed by atoms with van der Waals surface area (Å²) in [5.74, 6) is 1.08. The van der Waals surface area contributed by atoms with Gasteiger partial charge in [0.15, 0.2) is 0 Å². The minimum atomic E-state index is 0.393. The van der Waals surface area contributed by atoms with Crippen LogP contribution < -0.4 is 4.74 Å². The molecule has 0 fully saturated rings. The fraction of sp³-hybridized carbons (Fsp3) is 0.500. The van der Waals surface area contributed by atoms with Crippen LogP contribution in [-0.4, -0.2) is 6.10 Å². The van der Waals surface area contributed by atoms with Crippen molar-refractivity contribution < 1.29 is 4.74 Å². The fourth-order valence-electron chi connectivity index (χ4n) is 1.46. The van der Waals surface area contributed by atoms with E-state index in [-0.39, 0.29) is 0 Å². The number of para-hydroxylation sites is 1. The van der Waals surface area contributed by atoms with E-state index >= 15 is 0 Å². The first kappa shape index (κ1) is 10.1. The van der Waals surface area contributed by atoms with Gasteiger partial charge in [0.1, 0.15) is 5.75 Å². The number of hydrogen-bond acceptors (Lipinski definition) is 1. The quantitative estimate of drug-likeness (QED) is 0.591. The smallest absolute Gasteiger partial charge is 0.122 e. The molecule has 2 rings (SSSR count). The molecule has 0 saturated carbocycles. The van der Waals surface area contributed by atoms with Crippen molar-refractivity contribution in [3.63, 3.8) is 0 Å². The SMILES string of the molecule is CC.CC1CCc2ccccc2O1. The average Bonchev–Trinajstić information content (AvgIpc) is 2.21. The maximum absolute atomic E-state index is 5.63. The number of benzene rings is 1. The standard InChI is InChI=1S/C10H12O.C2H6/c1-8-6-7-9-4-2-3-5-10(9)11-8;1-2/h2-5,8H,6-7H2,1H3;1-2H3. The zero-order valence-corrected chi connectivity index (χ0v) is 8.71. The lowest BCUT2D eigenvalue weighted by Gasteiger charge is -2.22. The largest absolute Gasteiger partial charge is 0.490 e. The molecular formula is C12H18O. The molecule has 0 radical (unpaired) electrons. The second-order valence-corrected chi connectivity index (χ2v) is 3.07. The third-order valence-corrected chi connectivity index (χ3v) is 2.12. The first-order chi connectivity index (χ1) is 6.36. The van der Waals surface area contributed by atoms with E-state index in [4.69, 9.17) is 4.74 Å². The van der Waals surface area contributed by atoms with E-state index in [2.05, 4.69) is 19.1 Å². The molecule has 1 heterocycles. The van der Waals surface area contributed by atoms with Gasteiger partial charge in [-0.2, -0.15) is 0 Å². The summed E-state index contributed by atoms with van der Waals surface area (Å²) in [4.78, 5) is 0. The van der Waals surface area contributed by atoms with Gasteiger partial charge in [0.05, 0.1) is 6.10 Å². The Morgan fingerprint density at radius 2 is 1.92 bits per heavy atom. The predicted molar refractivity (Wildman–Crippen MR) is 56.2 cm³/mol. The molecule has 1 nitrogen and oxygen atoms in total. The molecule has 1 aliphatic rings. The second kappa shape index (κ2) is 4.90. The van der Waals surface area contributed by atoms with Gasteiger partial charge in [0, 0.05) is 0 Å². The minimum Gasteiger partial charge on any atom is -0.490 e. The van der Waals surface area contributed by atoms with Gasteiger partial charge < -0.3 is 4.74 Å². The van der Waals surface area contributed by atoms with E-state index in [0.717, 1.165) is 18.6 Å². The Labute approximate surface area is 80.7 Å². The van der Waals surface area contributed by atoms with Crippen LogP contribution in [0.1, 0.15) is 32.8 Å². The summed E-state index contributed by atoms with van der Waals surface area (Å²) in [6.07, 6.45) is 2.71. The van der Waals surface area contributed by atoms with E-state index in [1.54, 1.807) is 0 Å². The molecule has 0 saturated heterocycles. The van der Waals surface area contributed by atoms with Crippen LogP contribution in [0.25, 0.3) is 0 Å². The molecule has 1 unspecified atom stereocenters. The van der Waals surface area contributed by atoms with Crippen molar-refractivity contribution in [2.24, 2.45) is 0 Å². The van der Waals surface area contributed by atoms with Gasteiger partial charge in [-0.15, -0.1) is 0 Å². The van der Waals surface area contributed by atoms with Crippen LogP contribution in [0.5, 0.6) is 5.75 Å². The van der Waals surface area contributed by atoms with Crippen LogP contribution >= 0.6 is 0 Å². The van der Waals surface area contributed by atoms with Crippen LogP contribution in [0.2, 0.25) is 0 Å². The number of hydrogen-bond donors (Lipinski definition) is 0. The lowest BCUT2D eigenvalue weighted by atomic mass is 10.0. The lowest BCUT2D eigenvalue weighted by Crippen LogP contribution is -2.18. The summed E-state index contributed by atoms with van der Waals surface area (Å²) in [5.41, 5.74) is 1.35. The van der Waals surface area contributed by atoms with E-state index in [9.17, 15) is 0 Å². The first-order valence-electron chi connectivity index (χ1n) is 5.11. The van der Waals surface area contributed by atoms with Gasteiger partial charge in [-0.1, -0.05) is 32.0 Å². The van der Waals surface area contributed by atoms with Crippen molar-refractivity contribution >= 4 is 0 Å². The van der Waals surface area contributed by atoms with Gasteiger partial charge >= 0.3 is 0 Å². The molecule has 1 aromatic carbocycles. The summed E-state index contributed by atoms with van der Waals surface area (Å²) in [7, 11) is 0. The number of ether oxygens (including phenoxy) is 1. The Bertz CT molecular complexity index is 255. The molecule has 0 bridgehead atoms. The molecule has 0 N–H and O–H groups in total. The highest BCUT2D eigenvalue weighted by molar-refractivity contribution is 5.34. The van der Waals surface area contributed by atoms with Gasteiger partial charge in [0.25, 0.3) is 0 Å². The van der Waals surface area contributed by atoms with Crippen LogP contribution in [-0.2, 0) is 6.42 Å². The Morgan fingerprint density at radius 3 is 2.69 bits per heavy atom. The molecule has 1 aromatic rings. The molecule has 0 spiro atoms. The van der Waals surface area contributed by atoms with Crippen LogP contribution in [0.4, 0.5) is 0 Å². The zero-order valence-electron chi connectivity index (χ0n) is 8.71. The van der Waals surface area contributed by atoms with Crippen molar-refractivity contribution in [2.75, 3.05) is 0 Å². The Balaban J connectivity index is 0.000000396. The third kappa shape index (κ3) is 2.48. The van der Waals surface area contributed by atoms with Crippen LogP contribution in [0.15, 0.2) is 24.3 Å². The van der Waals surface area contributed by atoms with E-state index in [1.807, 2.05) is 26.0 Å². The van der Waals surface area contributed by atoms with Crippen LogP contribution in [0, 0.1) is 0 Å². The highest BCUT2D eigenvalue weighted by Crippen LogP contribution is 2.26. The topological polar surface area (TPSA) is 9.23 Å². The molecule has 13 heavy (non-hydrogen) atoms. The summed E-state index contributed by atoms with van der Waals surface area (Å²) in [6.45, 7) is 6.12. The monoisotopic (exact) mass is 178 g/mol. The van der Waals surface area contributed by atoms with Crippen molar-refractivity contribution in [3.8, 4) is 5.75 Å². The summed E-state index contributed by atoms with van der Waals surface area (Å²) >= 11 is 0. The molecule has 0 aliphatic carbocycles. The number of fused-ring (bicyclic) bond motifs is 1. The van der Waals surface area contributed by atoms with Crippen molar-refractivity contribution in [3.05, 3.63) is 29.8 Å². The van der Waals surface area contributed by atoms with E-state index in [0.29, 0.717) is 6.10 Å². The van der Waals surface area contributed by atoms with E-state index < -0.39 is 0 Å². The highest BCUT2D eigenvalue weighted by atomic mass is 16.5. The van der Waals surface area contributed by atoms with Crippen molar-refractivity contribution in [1.82, 2.24) is 0 Å². The van der Waals surface area contributed by atoms with Gasteiger partial charge in [-0.05, 0) is 31.4 Å². The van der Waals surface area contributed by atoms with Crippen molar-refractivity contribution in [1.29, 1.82) is 0 Å². The lowest BCUT2D eigenvalue weighted by molar-refractivity contribution is 0.192. The van der Waals surface area contributed by atoms with Gasteiger partial charge in [-0.25, -0.2) is 0 Å². The predicted octanol–water partition coefficient (Wildman–Crippen LogP) is 3.43. The molecular weight excluding hydrogens is 160 g/mol. The maximum Gasteiger partial charge on any atom is 0.122 e. The zero-order chi connectivity index (χ0) is 9.68. The molecule has 0 amide bonds. The van der Waals surface area contributed by atoms with E-state index in [1.165, 1.54) is 5.56 Å². The number of aryl methyl sites for hydroxylation is 1. The third-order valence-electron chi connectivity index (χ3n) is 2.12. The molecule has 0 aromatic heterocycles.